The number of nitrogens with zero attached hydrogens (tertiary/aromatic N) is 1. The molecule has 0 aliphatic heterocycles. The SMILES string of the molecule is Fc1c(F)c(F)c([B-](c2c(F)c(F)c(F)c(F)c2F)(c2c(F)c(F)c(F)c(F)c2F)c2c(F)c(F)c(F)c(F)c2F)c(F)c1F.O=C(O)c1ccc2c(c1)sc[n+]2Cc1ccccc1. The third-order valence-corrected chi connectivity index (χ3v) is 10.7. The summed E-state index contributed by atoms with van der Waals surface area (Å²) >= 11 is 1.56. The van der Waals surface area contributed by atoms with Crippen molar-refractivity contribution in [2.45, 2.75) is 6.54 Å². The molecule has 0 radical (unpaired) electrons. The lowest BCUT2D eigenvalue weighted by Gasteiger charge is -2.44. The zero-order valence-electron chi connectivity index (χ0n) is 30.3. The third-order valence-electron chi connectivity index (χ3n) is 9.73. The predicted octanol–water partition coefficient (Wildman–Crippen LogP) is 8.78. The fraction of sp³-hybridized carbons (Fsp3) is 0.0256. The number of halogens is 20. The molecule has 3 nitrogen and oxygen atoms in total. The Balaban J connectivity index is 0.000000295. The van der Waals surface area contributed by atoms with Gasteiger partial charge >= 0.3 is 5.97 Å². The van der Waals surface area contributed by atoms with Gasteiger partial charge in [-0.05, 0) is 12.1 Å². The maximum absolute atomic E-state index is 15.4. The van der Waals surface area contributed by atoms with Crippen molar-refractivity contribution in [1.29, 1.82) is 0 Å². The predicted molar refractivity (Wildman–Crippen MR) is 184 cm³/mol. The summed E-state index contributed by atoms with van der Waals surface area (Å²) in [6.07, 6.45) is -7.22. The second-order valence-corrected chi connectivity index (χ2v) is 14.0. The number of carboxylic acids is 1. The van der Waals surface area contributed by atoms with E-state index in [1.165, 1.54) is 5.56 Å². The Kier molecular flexibility index (Phi) is 12.5. The minimum absolute atomic E-state index is 0.334. The first kappa shape index (κ1) is 46.8. The van der Waals surface area contributed by atoms with Gasteiger partial charge < -0.3 is 5.11 Å². The fourth-order valence-electron chi connectivity index (χ4n) is 6.93. The molecule has 1 N–H and O–H groups in total. The van der Waals surface area contributed by atoms with Crippen molar-refractivity contribution in [1.82, 2.24) is 0 Å². The number of hydrogen-bond donors (Lipinski definition) is 1. The van der Waals surface area contributed by atoms with Crippen molar-refractivity contribution in [3.05, 3.63) is 182 Å². The van der Waals surface area contributed by atoms with Crippen LogP contribution in [0.5, 0.6) is 0 Å². The van der Waals surface area contributed by atoms with Gasteiger partial charge in [-0.2, -0.15) is 4.57 Å². The second-order valence-electron chi connectivity index (χ2n) is 13.1. The molecular formula is C39H12BF20NO2S. The molecular weight excluding hydrogens is 937 g/mol. The van der Waals surface area contributed by atoms with Crippen LogP contribution in [-0.4, -0.2) is 17.2 Å². The molecule has 64 heavy (non-hydrogen) atoms. The molecule has 1 aromatic heterocycles. The average molecular weight is 949 g/mol. The molecule has 0 saturated heterocycles. The Morgan fingerprint density at radius 2 is 0.734 bits per heavy atom. The van der Waals surface area contributed by atoms with Crippen molar-refractivity contribution in [2.24, 2.45) is 0 Å². The number of aromatic nitrogens is 1. The molecule has 1 heterocycles. The van der Waals surface area contributed by atoms with Gasteiger partial charge in [-0.1, -0.05) is 41.7 Å². The van der Waals surface area contributed by atoms with Gasteiger partial charge in [0.05, 0.1) is 5.56 Å². The summed E-state index contributed by atoms with van der Waals surface area (Å²) in [5, 5.41) is 8.98. The lowest BCUT2D eigenvalue weighted by Crippen LogP contribution is -2.81. The third kappa shape index (κ3) is 7.14. The number of aromatic carboxylic acids is 1. The van der Waals surface area contributed by atoms with Crippen LogP contribution in [0.25, 0.3) is 10.2 Å². The zero-order valence-corrected chi connectivity index (χ0v) is 31.1. The molecule has 0 atom stereocenters. The molecule has 25 heteroatoms. The van der Waals surface area contributed by atoms with Crippen LogP contribution < -0.4 is 26.4 Å². The monoisotopic (exact) mass is 949 g/mol. The number of thiazole rings is 1. The van der Waals surface area contributed by atoms with Crippen LogP contribution in [0.1, 0.15) is 15.9 Å². The number of hydrogen-bond acceptors (Lipinski definition) is 2. The summed E-state index contributed by atoms with van der Waals surface area (Å²) in [6, 6.07) is 15.5. The standard InChI is InChI=1S/C24BF20.C15H11NO2S/c26-5-1(6(27)14(35)21(42)13(5)34)25(2-7(28)15(36)22(43)16(37)8(2)29,3-9(30)17(38)23(44)18(39)10(3)31)4-11(32)19(40)24(45)20(41)12(4)33;17-15(18)12-6-7-13-14(8-12)19-10-16(13)9-11-4-2-1-3-5-11/h;1-8,10H,9H2/q-1;/p+1. The van der Waals surface area contributed by atoms with Gasteiger partial charge in [0.15, 0.2) is 76.4 Å². The maximum Gasteiger partial charge on any atom is 0.335 e. The van der Waals surface area contributed by atoms with E-state index in [-0.39, 0.29) is 0 Å². The number of carboxylic acid groups (broad SMARTS) is 1. The quantitative estimate of drug-likeness (QED) is 0.0572. The maximum atomic E-state index is 15.4. The van der Waals surface area contributed by atoms with Gasteiger partial charge in [-0.25, -0.2) is 92.6 Å². The number of benzene rings is 6. The van der Waals surface area contributed by atoms with Crippen molar-refractivity contribution in [3.63, 3.8) is 0 Å². The van der Waals surface area contributed by atoms with Crippen molar-refractivity contribution in [3.8, 4) is 0 Å². The summed E-state index contributed by atoms with van der Waals surface area (Å²) in [7, 11) is 0. The minimum atomic E-state index is -7.22. The largest absolute Gasteiger partial charge is 0.478 e. The van der Waals surface area contributed by atoms with E-state index in [1.807, 2.05) is 29.8 Å². The van der Waals surface area contributed by atoms with E-state index < -0.39 is 150 Å². The Labute approximate surface area is 345 Å². The molecule has 0 aliphatic rings. The second kappa shape index (κ2) is 17.1. The zero-order chi connectivity index (χ0) is 47.6. The van der Waals surface area contributed by atoms with Gasteiger partial charge in [0.2, 0.25) is 11.0 Å². The van der Waals surface area contributed by atoms with E-state index in [1.54, 1.807) is 23.5 Å². The number of rotatable bonds is 7. The van der Waals surface area contributed by atoms with Crippen molar-refractivity contribution in [2.75, 3.05) is 0 Å². The topological polar surface area (TPSA) is 41.2 Å². The fourth-order valence-corrected chi connectivity index (χ4v) is 7.86. The van der Waals surface area contributed by atoms with Crippen molar-refractivity contribution < 1.29 is 102 Å². The first-order chi connectivity index (χ1) is 29.9. The Bertz CT molecular complexity index is 2690. The van der Waals surface area contributed by atoms with Crippen LogP contribution in [0.15, 0.2) is 54.0 Å². The highest BCUT2D eigenvalue weighted by atomic mass is 32.1. The molecule has 0 bridgehead atoms. The van der Waals surface area contributed by atoms with E-state index in [9.17, 15) is 57.5 Å². The normalized spacial score (nSPS) is 11.6. The molecule has 0 spiro atoms. The van der Waals surface area contributed by atoms with Gasteiger partial charge in [-0.3, -0.25) is 0 Å². The van der Waals surface area contributed by atoms with Crippen LogP contribution in [0.4, 0.5) is 87.8 Å². The van der Waals surface area contributed by atoms with E-state index in [0.29, 0.717) is 5.56 Å². The summed E-state index contributed by atoms with van der Waals surface area (Å²) in [4.78, 5) is 10.9. The molecule has 0 unspecified atom stereocenters. The van der Waals surface area contributed by atoms with Crippen LogP contribution >= 0.6 is 11.3 Å². The van der Waals surface area contributed by atoms with E-state index in [4.69, 9.17) is 5.11 Å². The van der Waals surface area contributed by atoms with Gasteiger partial charge in [0.25, 0.3) is 0 Å². The Morgan fingerprint density at radius 3 is 1.03 bits per heavy atom. The summed E-state index contributed by atoms with van der Waals surface area (Å²) in [6.45, 7) is 0.799. The first-order valence-corrected chi connectivity index (χ1v) is 17.7. The first-order valence-electron chi connectivity index (χ1n) is 16.9. The molecule has 0 fully saturated rings. The smallest absolute Gasteiger partial charge is 0.335 e. The van der Waals surface area contributed by atoms with E-state index in [2.05, 4.69) is 16.7 Å². The average Bonchev–Trinajstić information content (AvgIpc) is 3.68. The summed E-state index contributed by atoms with van der Waals surface area (Å²) in [5.41, 5.74) is -9.66. The van der Waals surface area contributed by atoms with E-state index in [0.717, 1.165) is 16.8 Å². The molecule has 7 rings (SSSR count). The Hall–Kier alpha value is -6.66. The lowest BCUT2D eigenvalue weighted by atomic mass is 9.12. The van der Waals surface area contributed by atoms with E-state index >= 15 is 35.1 Å². The molecule has 7 aromatic rings. The highest BCUT2D eigenvalue weighted by Crippen LogP contribution is 2.31. The molecule has 0 saturated carbocycles. The van der Waals surface area contributed by atoms with Crippen molar-refractivity contribution >= 4 is 55.5 Å². The number of fused-ring (bicyclic) bond motifs is 1. The minimum Gasteiger partial charge on any atom is -0.478 e. The number of carbonyl (C=O) groups is 1. The molecule has 334 valence electrons. The highest BCUT2D eigenvalue weighted by molar-refractivity contribution is 7.20. The molecule has 6 aromatic carbocycles. The van der Waals surface area contributed by atoms with Crippen LogP contribution in [-0.2, 0) is 6.54 Å². The van der Waals surface area contributed by atoms with Crippen LogP contribution in [0, 0.1) is 116 Å². The van der Waals surface area contributed by atoms with Crippen LogP contribution in [0.3, 0.4) is 0 Å². The lowest BCUT2D eigenvalue weighted by molar-refractivity contribution is -0.658. The summed E-state index contributed by atoms with van der Waals surface area (Å²) in [5.74, 6) is -72.3. The molecule has 0 amide bonds. The molecule has 0 aliphatic carbocycles. The Morgan fingerprint density at radius 1 is 0.438 bits per heavy atom. The van der Waals surface area contributed by atoms with Gasteiger partial charge in [0.1, 0.15) is 57.4 Å². The summed E-state index contributed by atoms with van der Waals surface area (Å²) < 4.78 is 297. The van der Waals surface area contributed by atoms with Gasteiger partial charge in [-0.15, -0.1) is 21.9 Å². The van der Waals surface area contributed by atoms with Gasteiger partial charge in [0, 0.05) is 11.6 Å². The van der Waals surface area contributed by atoms with Crippen LogP contribution in [0.2, 0.25) is 0 Å². The highest BCUT2D eigenvalue weighted by Gasteiger charge is 2.52.